The molecule has 33 heavy (non-hydrogen) atoms. The first-order valence-electron chi connectivity index (χ1n) is 10.2. The highest BCUT2D eigenvalue weighted by atomic mass is 32.2. The second-order valence-corrected chi connectivity index (χ2v) is 8.48. The van der Waals surface area contributed by atoms with Crippen LogP contribution in [0.15, 0.2) is 48.5 Å². The maximum Gasteiger partial charge on any atom is 0.407 e. The van der Waals surface area contributed by atoms with Gasteiger partial charge in [-0.15, -0.1) is 0 Å². The zero-order chi connectivity index (χ0) is 24.0. The predicted molar refractivity (Wildman–Crippen MR) is 121 cm³/mol. The van der Waals surface area contributed by atoms with Crippen molar-refractivity contribution in [3.8, 4) is 11.1 Å². The zero-order valence-corrected chi connectivity index (χ0v) is 18.7. The smallest absolute Gasteiger partial charge is 0.407 e. The second kappa shape index (κ2) is 10.7. The third-order valence-electron chi connectivity index (χ3n) is 5.29. The number of benzene rings is 2. The maximum absolute atomic E-state index is 14.4. The molecule has 2 amide bonds. The lowest BCUT2D eigenvalue weighted by atomic mass is 9.98. The van der Waals surface area contributed by atoms with Gasteiger partial charge in [-0.3, -0.25) is 9.59 Å². The minimum atomic E-state index is -3.97. The van der Waals surface area contributed by atoms with Crippen LogP contribution in [0.2, 0.25) is 0 Å². The van der Waals surface area contributed by atoms with E-state index in [9.17, 15) is 23.2 Å². The minimum absolute atomic E-state index is 0.0573. The molecule has 2 aromatic rings. The molecule has 0 aromatic heterocycles. The summed E-state index contributed by atoms with van der Waals surface area (Å²) >= 11 is 1.29. The van der Waals surface area contributed by atoms with Gasteiger partial charge in [0.1, 0.15) is 13.2 Å². The van der Waals surface area contributed by atoms with E-state index in [4.69, 9.17) is 9.84 Å². The number of fused-ring (bicyclic) bond motifs is 3. The van der Waals surface area contributed by atoms with Crippen LogP contribution in [-0.2, 0) is 14.3 Å². The molecule has 0 fully saturated rings. The van der Waals surface area contributed by atoms with Crippen LogP contribution in [0.25, 0.3) is 11.1 Å². The third kappa shape index (κ3) is 5.81. The topological polar surface area (TPSA) is 95.9 Å². The van der Waals surface area contributed by atoms with Gasteiger partial charge in [-0.1, -0.05) is 48.5 Å². The molecule has 1 aliphatic carbocycles. The highest BCUT2D eigenvalue weighted by Crippen LogP contribution is 2.44. The quantitative estimate of drug-likeness (QED) is 0.543. The standard InChI is InChI=1S/C23H24F2N2O5S/c1-33-11-10-27(12-20(28)29)21(30)23(24,25)14-26-22(31)32-13-19-17-8-4-2-6-15(17)16-7-3-5-9-18(16)19/h2-9,19H,10-14H2,1H3,(H,26,31)(H,28,29). The molecular weight excluding hydrogens is 454 g/mol. The van der Waals surface area contributed by atoms with E-state index in [1.165, 1.54) is 11.8 Å². The molecule has 1 aliphatic rings. The first-order valence-corrected chi connectivity index (χ1v) is 11.6. The summed E-state index contributed by atoms with van der Waals surface area (Å²) in [6.45, 7) is -2.34. The van der Waals surface area contributed by atoms with Gasteiger partial charge in [0.05, 0.1) is 6.54 Å². The lowest BCUT2D eigenvalue weighted by Crippen LogP contribution is -2.51. The highest BCUT2D eigenvalue weighted by Gasteiger charge is 2.43. The van der Waals surface area contributed by atoms with Crippen LogP contribution in [0.4, 0.5) is 13.6 Å². The molecule has 2 aromatic carbocycles. The third-order valence-corrected chi connectivity index (χ3v) is 5.88. The van der Waals surface area contributed by atoms with E-state index < -0.39 is 37.0 Å². The Hall–Kier alpha value is -3.14. The van der Waals surface area contributed by atoms with Crippen molar-refractivity contribution in [2.75, 3.05) is 38.2 Å². The molecule has 0 radical (unpaired) electrons. The molecule has 0 saturated carbocycles. The molecule has 0 spiro atoms. The van der Waals surface area contributed by atoms with Crippen LogP contribution in [0.1, 0.15) is 17.0 Å². The van der Waals surface area contributed by atoms with E-state index in [0.717, 1.165) is 22.3 Å². The molecule has 0 saturated heterocycles. The number of carboxylic acid groups (broad SMARTS) is 1. The van der Waals surface area contributed by atoms with Gasteiger partial charge in [0.2, 0.25) is 0 Å². The lowest BCUT2D eigenvalue weighted by molar-refractivity contribution is -0.160. The van der Waals surface area contributed by atoms with Crippen molar-refractivity contribution < 1.29 is 33.0 Å². The summed E-state index contributed by atoms with van der Waals surface area (Å²) < 4.78 is 34.0. The Bertz CT molecular complexity index is 988. The summed E-state index contributed by atoms with van der Waals surface area (Å²) in [5.41, 5.74) is 4.02. The van der Waals surface area contributed by atoms with Crippen LogP contribution in [0, 0.1) is 0 Å². The summed E-state index contributed by atoms with van der Waals surface area (Å²) in [5.74, 6) is -6.96. The summed E-state index contributed by atoms with van der Waals surface area (Å²) in [6.07, 6.45) is 0.624. The normalized spacial score (nSPS) is 12.6. The number of amides is 2. The second-order valence-electron chi connectivity index (χ2n) is 7.50. The number of hydrogen-bond donors (Lipinski definition) is 2. The number of halogens is 2. The van der Waals surface area contributed by atoms with Gasteiger partial charge in [-0.05, 0) is 28.5 Å². The fourth-order valence-corrected chi connectivity index (χ4v) is 4.16. The van der Waals surface area contributed by atoms with Crippen molar-refractivity contribution in [1.82, 2.24) is 10.2 Å². The number of carboxylic acids is 1. The Balaban J connectivity index is 1.59. The van der Waals surface area contributed by atoms with E-state index in [1.807, 2.05) is 53.8 Å². The number of ether oxygens (including phenoxy) is 1. The fraction of sp³-hybridized carbons (Fsp3) is 0.348. The van der Waals surface area contributed by atoms with E-state index >= 15 is 0 Å². The summed E-state index contributed by atoms with van der Waals surface area (Å²) in [6, 6.07) is 15.4. The lowest BCUT2D eigenvalue weighted by Gasteiger charge is -2.25. The molecule has 7 nitrogen and oxygen atoms in total. The summed E-state index contributed by atoms with van der Waals surface area (Å²) in [7, 11) is 0. The van der Waals surface area contributed by atoms with Gasteiger partial charge in [0, 0.05) is 18.2 Å². The Kier molecular flexibility index (Phi) is 7.91. The molecule has 0 bridgehead atoms. The van der Waals surface area contributed by atoms with Crippen LogP contribution in [-0.4, -0.2) is 72.1 Å². The number of rotatable bonds is 10. The number of alkyl halides is 2. The van der Waals surface area contributed by atoms with Gasteiger partial charge < -0.3 is 20.1 Å². The number of carbonyl (C=O) groups is 3. The van der Waals surface area contributed by atoms with Gasteiger partial charge in [0.15, 0.2) is 0 Å². The van der Waals surface area contributed by atoms with E-state index in [2.05, 4.69) is 0 Å². The number of aliphatic carboxylic acids is 1. The van der Waals surface area contributed by atoms with E-state index in [-0.39, 0.29) is 19.1 Å². The Labute approximate surface area is 194 Å². The number of hydrogen-bond acceptors (Lipinski definition) is 5. The Morgan fingerprint density at radius 1 is 1.09 bits per heavy atom. The van der Waals surface area contributed by atoms with Crippen LogP contribution in [0.5, 0.6) is 0 Å². The van der Waals surface area contributed by atoms with Crippen molar-refractivity contribution in [3.05, 3.63) is 59.7 Å². The van der Waals surface area contributed by atoms with Crippen LogP contribution < -0.4 is 5.32 Å². The van der Waals surface area contributed by atoms with Crippen molar-refractivity contribution in [2.24, 2.45) is 0 Å². The molecule has 0 aliphatic heterocycles. The van der Waals surface area contributed by atoms with E-state index in [0.29, 0.717) is 10.7 Å². The maximum atomic E-state index is 14.4. The molecule has 3 rings (SSSR count). The summed E-state index contributed by atoms with van der Waals surface area (Å²) in [4.78, 5) is 35.8. The largest absolute Gasteiger partial charge is 0.480 e. The van der Waals surface area contributed by atoms with Crippen LogP contribution in [0.3, 0.4) is 0 Å². The molecular formula is C23H24F2N2O5S. The van der Waals surface area contributed by atoms with Gasteiger partial charge in [-0.2, -0.15) is 20.5 Å². The zero-order valence-electron chi connectivity index (χ0n) is 17.9. The SMILES string of the molecule is CSCCN(CC(=O)O)C(=O)C(F)(F)CNC(=O)OCC1c2ccccc2-c2ccccc21. The molecule has 0 heterocycles. The predicted octanol–water partition coefficient (Wildman–Crippen LogP) is 3.44. The number of nitrogens with zero attached hydrogens (tertiary/aromatic N) is 1. The number of alkyl carbamates (subject to hydrolysis) is 1. The Morgan fingerprint density at radius 3 is 2.21 bits per heavy atom. The number of carbonyl (C=O) groups excluding carboxylic acids is 2. The number of thioether (sulfide) groups is 1. The van der Waals surface area contributed by atoms with Crippen molar-refractivity contribution in [1.29, 1.82) is 0 Å². The molecule has 10 heteroatoms. The average Bonchev–Trinajstić information content (AvgIpc) is 3.12. The van der Waals surface area contributed by atoms with Gasteiger partial charge in [-0.25, -0.2) is 4.79 Å². The molecule has 2 N–H and O–H groups in total. The first kappa shape index (κ1) is 24.5. The monoisotopic (exact) mass is 478 g/mol. The Morgan fingerprint density at radius 2 is 1.67 bits per heavy atom. The molecule has 0 unspecified atom stereocenters. The average molecular weight is 479 g/mol. The minimum Gasteiger partial charge on any atom is -0.480 e. The molecule has 0 atom stereocenters. The van der Waals surface area contributed by atoms with E-state index in [1.54, 1.807) is 6.26 Å². The van der Waals surface area contributed by atoms with Crippen molar-refractivity contribution in [2.45, 2.75) is 11.8 Å². The summed E-state index contributed by atoms with van der Waals surface area (Å²) in [5, 5.41) is 10.8. The van der Waals surface area contributed by atoms with Crippen molar-refractivity contribution >= 4 is 29.7 Å². The number of nitrogens with one attached hydrogen (secondary N) is 1. The molecule has 176 valence electrons. The van der Waals surface area contributed by atoms with Crippen molar-refractivity contribution in [3.63, 3.8) is 0 Å². The van der Waals surface area contributed by atoms with Crippen LogP contribution >= 0.6 is 11.8 Å². The van der Waals surface area contributed by atoms with Gasteiger partial charge >= 0.3 is 18.0 Å². The van der Waals surface area contributed by atoms with Gasteiger partial charge in [0.25, 0.3) is 5.91 Å². The first-order chi connectivity index (χ1) is 15.7. The fourth-order valence-electron chi connectivity index (χ4n) is 3.76. The highest BCUT2D eigenvalue weighted by molar-refractivity contribution is 7.98.